The van der Waals surface area contributed by atoms with Crippen molar-refractivity contribution in [1.82, 2.24) is 0 Å². The SMILES string of the molecule is CCC(O)C(O)(CC)c1ccc(C(=O)O)c(N)c1. The summed E-state index contributed by atoms with van der Waals surface area (Å²) in [6.45, 7) is 3.51. The van der Waals surface area contributed by atoms with E-state index < -0.39 is 17.7 Å². The number of rotatable bonds is 5. The number of aliphatic hydroxyl groups excluding tert-OH is 1. The lowest BCUT2D eigenvalue weighted by molar-refractivity contribution is -0.0843. The fourth-order valence-electron chi connectivity index (χ4n) is 2.00. The first-order valence-electron chi connectivity index (χ1n) is 5.90. The van der Waals surface area contributed by atoms with Crippen molar-refractivity contribution in [2.24, 2.45) is 0 Å². The van der Waals surface area contributed by atoms with Crippen LogP contribution in [0.2, 0.25) is 0 Å². The topological polar surface area (TPSA) is 104 Å². The second-order valence-electron chi connectivity index (χ2n) is 4.31. The van der Waals surface area contributed by atoms with Gasteiger partial charge in [0.2, 0.25) is 0 Å². The Hall–Kier alpha value is -1.59. The molecule has 0 fully saturated rings. The molecule has 0 amide bonds. The van der Waals surface area contributed by atoms with Crippen molar-refractivity contribution in [3.05, 3.63) is 29.3 Å². The van der Waals surface area contributed by atoms with E-state index in [1.54, 1.807) is 13.8 Å². The van der Waals surface area contributed by atoms with Gasteiger partial charge in [-0.05, 0) is 30.5 Å². The summed E-state index contributed by atoms with van der Waals surface area (Å²) in [6.07, 6.45) is -0.212. The molecule has 0 saturated carbocycles. The van der Waals surface area contributed by atoms with E-state index in [4.69, 9.17) is 10.8 Å². The van der Waals surface area contributed by atoms with Gasteiger partial charge in [0.1, 0.15) is 5.60 Å². The zero-order valence-corrected chi connectivity index (χ0v) is 10.6. The predicted octanol–water partition coefficient (Wildman–Crippen LogP) is 1.34. The van der Waals surface area contributed by atoms with Gasteiger partial charge in [0.05, 0.1) is 11.7 Å². The third-order valence-electron chi connectivity index (χ3n) is 3.26. The van der Waals surface area contributed by atoms with E-state index in [0.717, 1.165) is 0 Å². The van der Waals surface area contributed by atoms with Crippen molar-refractivity contribution in [2.75, 3.05) is 5.73 Å². The molecular weight excluding hydrogens is 234 g/mol. The fraction of sp³-hybridized carbons (Fsp3) is 0.462. The minimum Gasteiger partial charge on any atom is -0.478 e. The van der Waals surface area contributed by atoms with E-state index in [1.165, 1.54) is 18.2 Å². The highest BCUT2D eigenvalue weighted by Crippen LogP contribution is 2.32. The average molecular weight is 253 g/mol. The molecule has 100 valence electrons. The van der Waals surface area contributed by atoms with Gasteiger partial charge in [-0.15, -0.1) is 0 Å². The van der Waals surface area contributed by atoms with E-state index in [0.29, 0.717) is 18.4 Å². The lowest BCUT2D eigenvalue weighted by Gasteiger charge is -2.32. The lowest BCUT2D eigenvalue weighted by Crippen LogP contribution is -2.38. The number of benzene rings is 1. The third-order valence-corrected chi connectivity index (χ3v) is 3.26. The minimum atomic E-state index is -1.40. The summed E-state index contributed by atoms with van der Waals surface area (Å²) in [7, 11) is 0. The number of anilines is 1. The van der Waals surface area contributed by atoms with Crippen LogP contribution in [0.15, 0.2) is 18.2 Å². The Kier molecular flexibility index (Phi) is 4.32. The number of nitrogens with two attached hydrogens (primary N) is 1. The van der Waals surface area contributed by atoms with Gasteiger partial charge < -0.3 is 21.1 Å². The molecule has 5 N–H and O–H groups in total. The van der Waals surface area contributed by atoms with E-state index in [-0.39, 0.29) is 11.3 Å². The molecule has 2 unspecified atom stereocenters. The van der Waals surface area contributed by atoms with Crippen molar-refractivity contribution >= 4 is 11.7 Å². The molecule has 0 aromatic heterocycles. The number of carboxylic acid groups (broad SMARTS) is 1. The van der Waals surface area contributed by atoms with Gasteiger partial charge in [-0.2, -0.15) is 0 Å². The number of hydrogen-bond acceptors (Lipinski definition) is 4. The van der Waals surface area contributed by atoms with Crippen LogP contribution in [0.5, 0.6) is 0 Å². The highest BCUT2D eigenvalue weighted by Gasteiger charge is 2.35. The van der Waals surface area contributed by atoms with Crippen LogP contribution in [0.4, 0.5) is 5.69 Å². The molecule has 0 aliphatic rings. The Morgan fingerprint density at radius 1 is 1.44 bits per heavy atom. The lowest BCUT2D eigenvalue weighted by atomic mass is 9.84. The molecule has 0 heterocycles. The number of aliphatic hydroxyl groups is 2. The van der Waals surface area contributed by atoms with Crippen LogP contribution < -0.4 is 5.73 Å². The molecule has 1 aromatic rings. The maximum absolute atomic E-state index is 10.9. The predicted molar refractivity (Wildman–Crippen MR) is 68.3 cm³/mol. The van der Waals surface area contributed by atoms with Crippen LogP contribution in [0.1, 0.15) is 42.6 Å². The van der Waals surface area contributed by atoms with Gasteiger partial charge in [0, 0.05) is 5.69 Å². The van der Waals surface area contributed by atoms with Crippen molar-refractivity contribution in [3.63, 3.8) is 0 Å². The summed E-state index contributed by atoms with van der Waals surface area (Å²) in [5, 5.41) is 29.2. The number of nitrogen functional groups attached to an aromatic ring is 1. The average Bonchev–Trinajstić information content (AvgIpc) is 2.36. The molecule has 0 aliphatic heterocycles. The minimum absolute atomic E-state index is 0.0109. The second kappa shape index (κ2) is 5.37. The van der Waals surface area contributed by atoms with Gasteiger partial charge >= 0.3 is 5.97 Å². The number of carboxylic acids is 1. The summed E-state index contributed by atoms with van der Waals surface area (Å²) < 4.78 is 0. The van der Waals surface area contributed by atoms with Gasteiger partial charge in [0.15, 0.2) is 0 Å². The molecule has 0 bridgehead atoms. The molecule has 1 rings (SSSR count). The zero-order valence-electron chi connectivity index (χ0n) is 10.6. The van der Waals surface area contributed by atoms with Crippen LogP contribution in [0, 0.1) is 0 Å². The smallest absolute Gasteiger partial charge is 0.337 e. The molecule has 0 radical (unpaired) electrons. The first kappa shape index (κ1) is 14.5. The van der Waals surface area contributed by atoms with E-state index in [1.807, 2.05) is 0 Å². The Balaban J connectivity index is 3.24. The highest BCUT2D eigenvalue weighted by atomic mass is 16.4. The second-order valence-corrected chi connectivity index (χ2v) is 4.31. The summed E-state index contributed by atoms with van der Waals surface area (Å²) in [5.74, 6) is -1.12. The fourth-order valence-corrected chi connectivity index (χ4v) is 2.00. The summed E-state index contributed by atoms with van der Waals surface area (Å²) >= 11 is 0. The highest BCUT2D eigenvalue weighted by molar-refractivity contribution is 5.93. The molecule has 1 aromatic carbocycles. The maximum atomic E-state index is 10.9. The standard InChI is InChI=1S/C13H19NO4/c1-3-11(15)13(18,4-2)8-5-6-9(12(16)17)10(14)7-8/h5-7,11,15,18H,3-4,14H2,1-2H3,(H,16,17). The van der Waals surface area contributed by atoms with Crippen molar-refractivity contribution in [1.29, 1.82) is 0 Å². The molecule has 0 saturated heterocycles. The Morgan fingerprint density at radius 2 is 2.06 bits per heavy atom. The molecule has 2 atom stereocenters. The normalized spacial score (nSPS) is 16.0. The first-order chi connectivity index (χ1) is 8.36. The van der Waals surface area contributed by atoms with Crippen molar-refractivity contribution < 1.29 is 20.1 Å². The van der Waals surface area contributed by atoms with Gasteiger partial charge in [-0.1, -0.05) is 19.9 Å². The van der Waals surface area contributed by atoms with Crippen molar-refractivity contribution in [2.45, 2.75) is 38.4 Å². The molecular formula is C13H19NO4. The molecule has 5 nitrogen and oxygen atoms in total. The van der Waals surface area contributed by atoms with Gasteiger partial charge in [-0.25, -0.2) is 4.79 Å². The monoisotopic (exact) mass is 253 g/mol. The van der Waals surface area contributed by atoms with Crippen LogP contribution in [-0.2, 0) is 5.60 Å². The van der Waals surface area contributed by atoms with Crippen LogP contribution in [-0.4, -0.2) is 27.4 Å². The summed E-state index contributed by atoms with van der Waals surface area (Å²) in [6, 6.07) is 4.24. The van der Waals surface area contributed by atoms with Crippen LogP contribution in [0.25, 0.3) is 0 Å². The zero-order chi connectivity index (χ0) is 13.9. The summed E-state index contributed by atoms with van der Waals surface area (Å²) in [4.78, 5) is 10.9. The molecule has 0 spiro atoms. The Labute approximate surface area is 106 Å². The van der Waals surface area contributed by atoms with Crippen molar-refractivity contribution in [3.8, 4) is 0 Å². The Bertz CT molecular complexity index is 447. The molecule has 0 aliphatic carbocycles. The third kappa shape index (κ3) is 2.47. The molecule has 18 heavy (non-hydrogen) atoms. The summed E-state index contributed by atoms with van der Waals surface area (Å²) in [5.41, 5.74) is 4.74. The van der Waals surface area contributed by atoms with E-state index >= 15 is 0 Å². The van der Waals surface area contributed by atoms with Crippen LogP contribution in [0.3, 0.4) is 0 Å². The molecule has 5 heteroatoms. The maximum Gasteiger partial charge on any atom is 0.337 e. The van der Waals surface area contributed by atoms with Gasteiger partial charge in [0.25, 0.3) is 0 Å². The van der Waals surface area contributed by atoms with E-state index in [9.17, 15) is 15.0 Å². The largest absolute Gasteiger partial charge is 0.478 e. The number of carbonyl (C=O) groups is 1. The number of hydrogen-bond donors (Lipinski definition) is 4. The quantitative estimate of drug-likeness (QED) is 0.593. The van der Waals surface area contributed by atoms with Gasteiger partial charge in [-0.3, -0.25) is 0 Å². The number of aromatic carboxylic acids is 1. The Morgan fingerprint density at radius 3 is 2.44 bits per heavy atom. The van der Waals surface area contributed by atoms with Crippen LogP contribution >= 0.6 is 0 Å². The first-order valence-corrected chi connectivity index (χ1v) is 5.90. The van der Waals surface area contributed by atoms with E-state index in [2.05, 4.69) is 0 Å².